The molecule has 0 unspecified atom stereocenters. The van der Waals surface area contributed by atoms with Crippen LogP contribution < -0.4 is 4.74 Å². The van der Waals surface area contributed by atoms with Crippen molar-refractivity contribution in [1.29, 1.82) is 0 Å². The van der Waals surface area contributed by atoms with Crippen LogP contribution in [0.5, 0.6) is 5.75 Å². The summed E-state index contributed by atoms with van der Waals surface area (Å²) in [6.07, 6.45) is 0. The average molecular weight is 444 g/mol. The van der Waals surface area contributed by atoms with Crippen LogP contribution in [-0.2, 0) is 18.6 Å². The highest BCUT2D eigenvalue weighted by Gasteiger charge is 2.35. The fourth-order valence-electron chi connectivity index (χ4n) is 3.93. The van der Waals surface area contributed by atoms with Gasteiger partial charge in [-0.1, -0.05) is 12.1 Å². The number of hydrogen-bond donors (Lipinski definition) is 0. The lowest BCUT2D eigenvalue weighted by Crippen LogP contribution is -2.46. The molecule has 0 saturated heterocycles. The van der Waals surface area contributed by atoms with Gasteiger partial charge >= 0.3 is 0 Å². The van der Waals surface area contributed by atoms with Gasteiger partial charge in [-0.15, -0.1) is 0 Å². The molecule has 1 aromatic heterocycles. The summed E-state index contributed by atoms with van der Waals surface area (Å²) >= 11 is 3.74. The van der Waals surface area contributed by atoms with Gasteiger partial charge in [0.15, 0.2) is 0 Å². The number of aromatic nitrogens is 2. The molecule has 0 fully saturated rings. The lowest BCUT2D eigenvalue weighted by molar-refractivity contribution is 0.121. The number of rotatable bonds is 4. The van der Waals surface area contributed by atoms with Crippen LogP contribution in [0.3, 0.4) is 0 Å². The Morgan fingerprint density at radius 3 is 2.43 bits per heavy atom. The van der Waals surface area contributed by atoms with Crippen LogP contribution in [0.4, 0.5) is 4.39 Å². The van der Waals surface area contributed by atoms with Crippen LogP contribution in [0.15, 0.2) is 53.1 Å². The van der Waals surface area contributed by atoms with Gasteiger partial charge in [0.2, 0.25) is 0 Å². The van der Waals surface area contributed by atoms with Crippen LogP contribution in [0.2, 0.25) is 0 Å². The topological polar surface area (TPSA) is 30.3 Å². The van der Waals surface area contributed by atoms with Crippen molar-refractivity contribution in [2.45, 2.75) is 32.5 Å². The van der Waals surface area contributed by atoms with Crippen molar-refractivity contribution in [3.63, 3.8) is 0 Å². The first-order valence-corrected chi connectivity index (χ1v) is 10.1. The Morgan fingerprint density at radius 2 is 1.79 bits per heavy atom. The van der Waals surface area contributed by atoms with Crippen molar-refractivity contribution in [3.05, 3.63) is 70.3 Å². The smallest absolute Gasteiger partial charge is 0.125 e. The summed E-state index contributed by atoms with van der Waals surface area (Å²) in [4.78, 5) is 7.30. The number of benzene rings is 2. The number of imidazole rings is 1. The first-order valence-electron chi connectivity index (χ1n) is 9.26. The summed E-state index contributed by atoms with van der Waals surface area (Å²) in [6.45, 7) is 6.96. The molecular formula is C22H23BrFN3O. The Labute approximate surface area is 173 Å². The van der Waals surface area contributed by atoms with E-state index in [-0.39, 0.29) is 11.4 Å². The van der Waals surface area contributed by atoms with E-state index in [0.717, 1.165) is 47.1 Å². The van der Waals surface area contributed by atoms with E-state index in [1.165, 1.54) is 17.7 Å². The van der Waals surface area contributed by atoms with Gasteiger partial charge in [-0.05, 0) is 71.7 Å². The summed E-state index contributed by atoms with van der Waals surface area (Å²) in [5.41, 5.74) is 2.89. The van der Waals surface area contributed by atoms with Crippen LogP contribution in [-0.4, -0.2) is 28.1 Å². The molecule has 2 heterocycles. The van der Waals surface area contributed by atoms with E-state index in [1.54, 1.807) is 19.2 Å². The van der Waals surface area contributed by atoms with E-state index >= 15 is 0 Å². The molecule has 4 nitrogen and oxygen atoms in total. The molecule has 0 aliphatic carbocycles. The summed E-state index contributed by atoms with van der Waals surface area (Å²) < 4.78 is 21.8. The molecule has 3 aromatic rings. The van der Waals surface area contributed by atoms with Crippen molar-refractivity contribution in [2.75, 3.05) is 13.7 Å². The molecular weight excluding hydrogens is 421 g/mol. The molecule has 2 aromatic carbocycles. The number of ether oxygens (including phenoxy) is 1. The zero-order valence-electron chi connectivity index (χ0n) is 16.2. The summed E-state index contributed by atoms with van der Waals surface area (Å²) in [5.74, 6) is 1.64. The summed E-state index contributed by atoms with van der Waals surface area (Å²) in [5, 5.41) is 0. The van der Waals surface area contributed by atoms with Crippen LogP contribution in [0.1, 0.15) is 25.2 Å². The first-order chi connectivity index (χ1) is 13.4. The summed E-state index contributed by atoms with van der Waals surface area (Å²) in [6, 6.07) is 14.7. The largest absolute Gasteiger partial charge is 0.497 e. The molecule has 0 amide bonds. The number of halogens is 2. The third-order valence-electron chi connectivity index (χ3n) is 5.15. The highest BCUT2D eigenvalue weighted by atomic mass is 79.9. The quantitative estimate of drug-likeness (QED) is 0.554. The molecule has 4 rings (SSSR count). The average Bonchev–Trinajstić information content (AvgIpc) is 3.00. The van der Waals surface area contributed by atoms with Gasteiger partial charge < -0.3 is 9.30 Å². The van der Waals surface area contributed by atoms with Crippen molar-refractivity contribution < 1.29 is 9.13 Å². The monoisotopic (exact) mass is 443 g/mol. The first kappa shape index (κ1) is 19.2. The predicted molar refractivity (Wildman–Crippen MR) is 112 cm³/mol. The van der Waals surface area contributed by atoms with Gasteiger partial charge in [-0.3, -0.25) is 4.90 Å². The fraction of sp³-hybridized carbons (Fsp3) is 0.318. The molecule has 146 valence electrons. The minimum Gasteiger partial charge on any atom is -0.497 e. The molecule has 1 aliphatic rings. The Hall–Kier alpha value is -2.18. The lowest BCUT2D eigenvalue weighted by Gasteiger charge is -2.40. The summed E-state index contributed by atoms with van der Waals surface area (Å²) in [7, 11) is 1.68. The van der Waals surface area contributed by atoms with E-state index in [2.05, 4.69) is 51.4 Å². The standard InChI is InChI=1S/C22H23BrFN3O/c1-22(2)14-26(12-15-4-10-18(28-3)11-5-15)13-19-25-20(21(23)27(19)22)16-6-8-17(24)9-7-16/h4-11H,12-14H2,1-3H3. The van der Waals surface area contributed by atoms with Gasteiger partial charge in [0.1, 0.15) is 27.7 Å². The van der Waals surface area contributed by atoms with Gasteiger partial charge in [0, 0.05) is 18.7 Å². The van der Waals surface area contributed by atoms with Crippen molar-refractivity contribution in [1.82, 2.24) is 14.5 Å². The maximum Gasteiger partial charge on any atom is 0.125 e. The van der Waals surface area contributed by atoms with E-state index in [4.69, 9.17) is 9.72 Å². The highest BCUT2D eigenvalue weighted by Crippen LogP contribution is 2.37. The third-order valence-corrected chi connectivity index (χ3v) is 5.88. The van der Waals surface area contributed by atoms with E-state index in [0.29, 0.717) is 0 Å². The minimum atomic E-state index is -0.241. The fourth-order valence-corrected chi connectivity index (χ4v) is 4.93. The minimum absolute atomic E-state index is 0.121. The molecule has 0 atom stereocenters. The second-order valence-electron chi connectivity index (χ2n) is 7.82. The van der Waals surface area contributed by atoms with Crippen molar-refractivity contribution >= 4 is 15.9 Å². The van der Waals surface area contributed by atoms with Crippen LogP contribution in [0, 0.1) is 5.82 Å². The van der Waals surface area contributed by atoms with Gasteiger partial charge in [-0.2, -0.15) is 0 Å². The van der Waals surface area contributed by atoms with Crippen LogP contribution in [0.25, 0.3) is 11.3 Å². The molecule has 6 heteroatoms. The zero-order chi connectivity index (χ0) is 19.9. The Morgan fingerprint density at radius 1 is 1.11 bits per heavy atom. The van der Waals surface area contributed by atoms with Crippen LogP contribution >= 0.6 is 15.9 Å². The number of methoxy groups -OCH3 is 1. The predicted octanol–water partition coefficient (Wildman–Crippen LogP) is 5.21. The molecule has 1 aliphatic heterocycles. The second-order valence-corrected chi connectivity index (χ2v) is 8.57. The number of nitrogens with zero attached hydrogens (tertiary/aromatic N) is 3. The number of hydrogen-bond acceptors (Lipinski definition) is 3. The molecule has 0 bridgehead atoms. The van der Waals surface area contributed by atoms with E-state index in [9.17, 15) is 4.39 Å². The SMILES string of the molecule is COc1ccc(CN2Cc3nc(-c4ccc(F)cc4)c(Br)n3C(C)(C)C2)cc1. The van der Waals surface area contributed by atoms with Gasteiger partial charge in [0.25, 0.3) is 0 Å². The van der Waals surface area contributed by atoms with Gasteiger partial charge in [-0.25, -0.2) is 9.37 Å². The normalized spacial score (nSPS) is 16.0. The highest BCUT2D eigenvalue weighted by molar-refractivity contribution is 9.10. The van der Waals surface area contributed by atoms with E-state index in [1.807, 2.05) is 12.1 Å². The molecule has 0 N–H and O–H groups in total. The molecule has 0 saturated carbocycles. The Kier molecular flexibility index (Phi) is 5.02. The third kappa shape index (κ3) is 3.59. The van der Waals surface area contributed by atoms with Gasteiger partial charge in [0.05, 0.1) is 19.2 Å². The molecule has 0 spiro atoms. The molecule has 28 heavy (non-hydrogen) atoms. The van der Waals surface area contributed by atoms with Crippen molar-refractivity contribution in [2.24, 2.45) is 0 Å². The zero-order valence-corrected chi connectivity index (χ0v) is 17.8. The molecule has 0 radical (unpaired) electrons. The van der Waals surface area contributed by atoms with E-state index < -0.39 is 0 Å². The lowest BCUT2D eigenvalue weighted by atomic mass is 10.0. The Bertz CT molecular complexity index is 980. The maximum absolute atomic E-state index is 13.3. The maximum atomic E-state index is 13.3. The number of fused-ring (bicyclic) bond motifs is 1. The second kappa shape index (κ2) is 7.33. The Balaban J connectivity index is 1.63. The van der Waals surface area contributed by atoms with Crippen molar-refractivity contribution in [3.8, 4) is 17.0 Å².